The molecular formula is C27H35BrN3OP. The number of ketones is 1. The largest absolute Gasteiger partial charge is 0.339 e. The predicted molar refractivity (Wildman–Crippen MR) is 146 cm³/mol. The number of nitrogens with zero attached hydrogens (tertiary/aromatic N) is 2. The van der Waals surface area contributed by atoms with Gasteiger partial charge in [0, 0.05) is 12.1 Å². The Labute approximate surface area is 208 Å². The van der Waals surface area contributed by atoms with Crippen molar-refractivity contribution in [2.75, 3.05) is 11.5 Å². The van der Waals surface area contributed by atoms with E-state index in [1.807, 2.05) is 6.08 Å². The maximum atomic E-state index is 13.2. The van der Waals surface area contributed by atoms with E-state index in [9.17, 15) is 4.79 Å². The third-order valence-electron chi connectivity index (χ3n) is 7.24. The van der Waals surface area contributed by atoms with Crippen LogP contribution in [0, 0.1) is 11.8 Å². The quantitative estimate of drug-likeness (QED) is 0.282. The summed E-state index contributed by atoms with van der Waals surface area (Å²) in [6.07, 6.45) is 11.0. The lowest BCUT2D eigenvalue weighted by Crippen LogP contribution is -2.16. The van der Waals surface area contributed by atoms with Crippen LogP contribution in [-0.4, -0.2) is 21.7 Å². The number of carbonyl (C=O) groups is 1. The van der Waals surface area contributed by atoms with Gasteiger partial charge in [-0.2, -0.15) is 5.10 Å². The topological polar surface area (TPSA) is 46.9 Å². The molecule has 1 N–H and O–H groups in total. The Kier molecular flexibility index (Phi) is 7.91. The number of hydrogen-bond acceptors (Lipinski definition) is 3. The molecule has 1 aliphatic heterocycles. The first-order chi connectivity index (χ1) is 15.9. The summed E-state index contributed by atoms with van der Waals surface area (Å²) in [5, 5.41) is 8.02. The van der Waals surface area contributed by atoms with Crippen molar-refractivity contribution >= 4 is 48.2 Å². The van der Waals surface area contributed by atoms with E-state index in [-0.39, 0.29) is 5.78 Å². The molecule has 1 aliphatic carbocycles. The van der Waals surface area contributed by atoms with Crippen molar-refractivity contribution in [3.8, 4) is 0 Å². The van der Waals surface area contributed by atoms with E-state index in [1.54, 1.807) is 4.68 Å². The van der Waals surface area contributed by atoms with E-state index >= 15 is 0 Å². The molecule has 2 aromatic rings. The molecule has 1 saturated carbocycles. The second-order valence-corrected chi connectivity index (χ2v) is 11.0. The molecule has 6 heteroatoms. The highest BCUT2D eigenvalue weighted by Crippen LogP contribution is 2.37. The number of allylic oxidation sites excluding steroid dienone is 2. The average Bonchev–Trinajstić information content (AvgIpc) is 3.16. The molecule has 176 valence electrons. The van der Waals surface area contributed by atoms with Crippen LogP contribution in [-0.2, 0) is 0 Å². The number of nitrogens with one attached hydrogen (secondary N) is 1. The second kappa shape index (κ2) is 10.7. The number of aromatic nitrogens is 2. The molecule has 4 rings (SSSR count). The summed E-state index contributed by atoms with van der Waals surface area (Å²) in [5.41, 5.74) is 4.85. The number of benzene rings is 1. The summed E-state index contributed by atoms with van der Waals surface area (Å²) in [5.74, 6) is 2.59. The second-order valence-electron chi connectivity index (χ2n) is 9.76. The minimum absolute atomic E-state index is 0.112. The van der Waals surface area contributed by atoms with Crippen molar-refractivity contribution in [3.05, 3.63) is 58.2 Å². The highest BCUT2D eigenvalue weighted by molar-refractivity contribution is 9.10. The number of rotatable bonds is 8. The van der Waals surface area contributed by atoms with Crippen LogP contribution in [0.5, 0.6) is 0 Å². The summed E-state index contributed by atoms with van der Waals surface area (Å²) >= 11 is 3.53. The van der Waals surface area contributed by atoms with E-state index < -0.39 is 0 Å². The van der Waals surface area contributed by atoms with Crippen molar-refractivity contribution < 1.29 is 4.79 Å². The van der Waals surface area contributed by atoms with Gasteiger partial charge in [-0.1, -0.05) is 64.0 Å². The number of hydrogen-bond donors (Lipinski definition) is 1. The Morgan fingerprint density at radius 1 is 1.24 bits per heavy atom. The molecule has 0 saturated heterocycles. The Balaban J connectivity index is 1.53. The molecule has 2 aliphatic rings. The molecule has 2 heterocycles. The maximum Gasteiger partial charge on any atom is 0.169 e. The molecule has 0 radical (unpaired) electrons. The minimum atomic E-state index is 0.112. The van der Waals surface area contributed by atoms with Crippen molar-refractivity contribution in [2.24, 2.45) is 11.8 Å². The van der Waals surface area contributed by atoms with Gasteiger partial charge in [-0.25, -0.2) is 4.68 Å². The fourth-order valence-corrected chi connectivity index (χ4v) is 6.39. The molecule has 4 nitrogen and oxygen atoms in total. The predicted octanol–water partition coefficient (Wildman–Crippen LogP) is 7.74. The summed E-state index contributed by atoms with van der Waals surface area (Å²) in [7, 11) is 2.82. The fraction of sp³-hybridized carbons (Fsp3) is 0.481. The molecule has 2 atom stereocenters. The Bertz CT molecular complexity index is 1050. The highest BCUT2D eigenvalue weighted by atomic mass is 79.9. The fourth-order valence-electron chi connectivity index (χ4n) is 5.04. The number of anilines is 1. The SMILES string of the molecule is C=C1C=C(c2ccc(C3CCCCC3)cc2)Nc2c(C(=O)CCC(CP)C(C)C)c(Br)nn21. The third kappa shape index (κ3) is 5.35. The smallest absolute Gasteiger partial charge is 0.169 e. The van der Waals surface area contributed by atoms with Crippen molar-refractivity contribution in [3.63, 3.8) is 0 Å². The van der Waals surface area contributed by atoms with Gasteiger partial charge in [0.2, 0.25) is 0 Å². The summed E-state index contributed by atoms with van der Waals surface area (Å²) < 4.78 is 2.30. The standard InChI is InChI=1S/C27H35BrN3OP/c1-17(2)22(16-33)13-14-24(32)25-26(28)30-31-18(3)15-23(29-27(25)31)21-11-9-20(10-12-21)19-7-5-4-6-8-19/h9-12,15,17,19,22,29H,3-8,13-14,16,33H2,1-2H3. The normalized spacial score (nSPS) is 17.5. The van der Waals surface area contributed by atoms with E-state index in [4.69, 9.17) is 0 Å². The van der Waals surface area contributed by atoms with Crippen LogP contribution >= 0.6 is 25.2 Å². The first-order valence-corrected chi connectivity index (χ1v) is 13.8. The monoisotopic (exact) mass is 527 g/mol. The van der Waals surface area contributed by atoms with Gasteiger partial charge in [0.15, 0.2) is 5.78 Å². The van der Waals surface area contributed by atoms with Crippen molar-refractivity contribution in [2.45, 2.75) is 64.7 Å². The number of halogens is 1. The molecule has 1 aromatic carbocycles. The summed E-state index contributed by atoms with van der Waals surface area (Å²) in [4.78, 5) is 13.2. The average molecular weight is 528 g/mol. The Morgan fingerprint density at radius 3 is 2.58 bits per heavy atom. The molecular weight excluding hydrogens is 493 g/mol. The molecule has 33 heavy (non-hydrogen) atoms. The van der Waals surface area contributed by atoms with Gasteiger partial charge in [0.25, 0.3) is 0 Å². The van der Waals surface area contributed by atoms with Gasteiger partial charge < -0.3 is 5.32 Å². The van der Waals surface area contributed by atoms with E-state index in [1.165, 1.54) is 37.7 Å². The number of fused-ring (bicyclic) bond motifs is 1. The molecule has 0 spiro atoms. The van der Waals surface area contributed by atoms with Gasteiger partial charge in [0.1, 0.15) is 10.4 Å². The van der Waals surface area contributed by atoms with Crippen LogP contribution in [0.25, 0.3) is 11.4 Å². The lowest BCUT2D eigenvalue weighted by molar-refractivity contribution is 0.0972. The van der Waals surface area contributed by atoms with Gasteiger partial charge in [-0.15, -0.1) is 9.24 Å². The van der Waals surface area contributed by atoms with Gasteiger partial charge >= 0.3 is 0 Å². The molecule has 0 bridgehead atoms. The third-order valence-corrected chi connectivity index (χ3v) is 8.40. The van der Waals surface area contributed by atoms with Crippen LogP contribution in [0.15, 0.2) is 41.5 Å². The molecule has 1 aromatic heterocycles. The maximum absolute atomic E-state index is 13.2. The van der Waals surface area contributed by atoms with Crippen LogP contribution in [0.3, 0.4) is 0 Å². The first-order valence-electron chi connectivity index (χ1n) is 12.2. The zero-order valence-electron chi connectivity index (χ0n) is 19.7. The Hall–Kier alpha value is -1.71. The zero-order chi connectivity index (χ0) is 23.5. The Morgan fingerprint density at radius 2 is 1.94 bits per heavy atom. The van der Waals surface area contributed by atoms with E-state index in [0.29, 0.717) is 40.2 Å². The molecule has 1 fully saturated rings. The number of carbonyl (C=O) groups excluding carboxylic acids is 1. The summed E-state index contributed by atoms with van der Waals surface area (Å²) in [6.45, 7) is 8.64. The van der Waals surface area contributed by atoms with Crippen molar-refractivity contribution in [1.82, 2.24) is 9.78 Å². The van der Waals surface area contributed by atoms with Gasteiger partial charge in [-0.3, -0.25) is 4.79 Å². The van der Waals surface area contributed by atoms with Crippen LogP contribution in [0.1, 0.15) is 86.2 Å². The lowest BCUT2D eigenvalue weighted by Gasteiger charge is -2.23. The van der Waals surface area contributed by atoms with Crippen LogP contribution in [0.4, 0.5) is 5.82 Å². The zero-order valence-corrected chi connectivity index (χ0v) is 22.5. The number of Topliss-reactive ketones (excluding diaryl/α,β-unsaturated/α-hetero) is 1. The lowest BCUT2D eigenvalue weighted by atomic mass is 9.84. The van der Waals surface area contributed by atoms with Crippen LogP contribution in [0.2, 0.25) is 0 Å². The molecule has 2 unspecified atom stereocenters. The van der Waals surface area contributed by atoms with E-state index in [0.717, 1.165) is 29.5 Å². The van der Waals surface area contributed by atoms with Crippen molar-refractivity contribution in [1.29, 1.82) is 0 Å². The van der Waals surface area contributed by atoms with Crippen LogP contribution < -0.4 is 5.32 Å². The first kappa shape index (κ1) is 24.4. The van der Waals surface area contributed by atoms with Gasteiger partial charge in [0.05, 0.1) is 11.3 Å². The van der Waals surface area contributed by atoms with Gasteiger partial charge in [-0.05, 0) is 76.3 Å². The highest BCUT2D eigenvalue weighted by Gasteiger charge is 2.27. The minimum Gasteiger partial charge on any atom is -0.339 e. The molecule has 0 amide bonds. The summed E-state index contributed by atoms with van der Waals surface area (Å²) in [6, 6.07) is 8.90. The van der Waals surface area contributed by atoms with E-state index in [2.05, 4.69) is 80.3 Å².